The first-order valence-electron chi connectivity index (χ1n) is 7.35. The smallest absolute Gasteiger partial charge is 0.186 e. The quantitative estimate of drug-likeness (QED) is 0.837. The Morgan fingerprint density at radius 2 is 1.88 bits per heavy atom. The predicted octanol–water partition coefficient (Wildman–Crippen LogP) is 1.97. The summed E-state index contributed by atoms with van der Waals surface area (Å²) >= 11 is 0. The Balaban J connectivity index is 1.91. The number of ether oxygens (including phenoxy) is 1. The van der Waals surface area contributed by atoms with Crippen LogP contribution in [-0.4, -0.2) is 18.9 Å². The molecule has 0 saturated heterocycles. The van der Waals surface area contributed by atoms with Gasteiger partial charge in [0.1, 0.15) is 23.7 Å². The lowest BCUT2D eigenvalue weighted by atomic mass is 9.99. The number of benzene rings is 2. The van der Waals surface area contributed by atoms with Gasteiger partial charge in [-0.2, -0.15) is 5.26 Å². The van der Waals surface area contributed by atoms with Crippen molar-refractivity contribution >= 4 is 11.5 Å². The summed E-state index contributed by atoms with van der Waals surface area (Å²) in [5.41, 5.74) is 10.5. The highest BCUT2D eigenvalue weighted by Gasteiger charge is 2.36. The van der Waals surface area contributed by atoms with E-state index in [1.54, 1.807) is 36.4 Å². The second-order valence-electron chi connectivity index (χ2n) is 5.24. The fraction of sp³-hybridized carbons (Fsp3) is 0.111. The number of nitrogens with two attached hydrogens (primary N) is 1. The number of nitrogens with zero attached hydrogens (tertiary/aromatic N) is 2. The molecule has 0 fully saturated rings. The minimum Gasteiger partial charge on any atom is -0.497 e. The number of hydrogen-bond acceptors (Lipinski definition) is 6. The van der Waals surface area contributed by atoms with Crippen molar-refractivity contribution in [2.45, 2.75) is 6.04 Å². The highest BCUT2D eigenvalue weighted by molar-refractivity contribution is 6.03. The molecule has 0 aliphatic carbocycles. The largest absolute Gasteiger partial charge is 0.497 e. The van der Waals surface area contributed by atoms with E-state index >= 15 is 0 Å². The van der Waals surface area contributed by atoms with Crippen molar-refractivity contribution in [2.24, 2.45) is 5.73 Å². The number of nitriles is 1. The van der Waals surface area contributed by atoms with Gasteiger partial charge in [0.05, 0.1) is 18.4 Å². The summed E-state index contributed by atoms with van der Waals surface area (Å²) in [6.07, 6.45) is 0. The highest BCUT2D eigenvalue weighted by Crippen LogP contribution is 2.26. The minimum atomic E-state index is -0.816. The van der Waals surface area contributed by atoms with E-state index in [9.17, 15) is 10.1 Å². The fourth-order valence-electron chi connectivity index (χ4n) is 2.56. The number of anilines is 1. The number of hydrogen-bond donors (Lipinski definition) is 2. The van der Waals surface area contributed by atoms with Crippen molar-refractivity contribution in [2.75, 3.05) is 12.1 Å². The summed E-state index contributed by atoms with van der Waals surface area (Å²) < 4.78 is 5.09. The molecular weight excluding hydrogens is 304 g/mol. The summed E-state index contributed by atoms with van der Waals surface area (Å²) in [5.74, 6) is 0.665. The topological polar surface area (TPSA) is 91.4 Å². The molecule has 3 rings (SSSR count). The van der Waals surface area contributed by atoms with E-state index in [1.165, 1.54) is 0 Å². The van der Waals surface area contributed by atoms with Crippen molar-refractivity contribution in [3.05, 3.63) is 71.6 Å². The molecule has 0 saturated carbocycles. The second kappa shape index (κ2) is 6.44. The van der Waals surface area contributed by atoms with E-state index in [4.69, 9.17) is 10.5 Å². The number of carbonyl (C=O) groups excluding carboxylic acids is 1. The Labute approximate surface area is 139 Å². The summed E-state index contributed by atoms with van der Waals surface area (Å²) in [4.78, 5) is 12.8. The third-order valence-corrected chi connectivity index (χ3v) is 3.84. The van der Waals surface area contributed by atoms with Crippen LogP contribution in [0.1, 0.15) is 10.4 Å². The normalized spacial score (nSPS) is 16.8. The van der Waals surface area contributed by atoms with Crippen molar-refractivity contribution in [1.29, 1.82) is 5.26 Å². The Kier molecular flexibility index (Phi) is 4.18. The number of rotatable bonds is 4. The molecule has 1 aliphatic heterocycles. The average molecular weight is 320 g/mol. The van der Waals surface area contributed by atoms with Crippen LogP contribution in [0.4, 0.5) is 5.69 Å². The molecule has 24 heavy (non-hydrogen) atoms. The molecule has 1 heterocycles. The summed E-state index contributed by atoms with van der Waals surface area (Å²) in [6.45, 7) is 0. The molecular formula is C18H16N4O2. The van der Waals surface area contributed by atoms with E-state index in [0.29, 0.717) is 11.3 Å². The molecule has 3 N–H and O–H groups in total. The van der Waals surface area contributed by atoms with Crippen LogP contribution in [0.15, 0.2) is 66.0 Å². The van der Waals surface area contributed by atoms with Gasteiger partial charge in [-0.1, -0.05) is 18.2 Å². The first-order chi connectivity index (χ1) is 11.7. The molecule has 0 radical (unpaired) electrons. The molecule has 6 heteroatoms. The molecule has 1 aliphatic rings. The monoisotopic (exact) mass is 320 g/mol. The number of Topliss-reactive ketones (excluding diaryl/α,β-unsaturated/α-hetero) is 1. The van der Waals surface area contributed by atoms with Gasteiger partial charge >= 0.3 is 0 Å². The number of nitrogens with one attached hydrogen (secondary N) is 1. The first-order valence-corrected chi connectivity index (χ1v) is 7.35. The number of methoxy groups -OCH3 is 1. The zero-order valence-corrected chi connectivity index (χ0v) is 13.1. The number of para-hydroxylation sites is 1. The number of carbonyl (C=O) groups is 1. The van der Waals surface area contributed by atoms with Gasteiger partial charge in [0.2, 0.25) is 0 Å². The summed E-state index contributed by atoms with van der Waals surface area (Å²) in [6, 6.07) is 17.2. The Bertz CT molecular complexity index is 822. The van der Waals surface area contributed by atoms with Gasteiger partial charge in [-0.25, -0.2) is 5.43 Å². The van der Waals surface area contributed by atoms with Crippen LogP contribution < -0.4 is 20.9 Å². The minimum absolute atomic E-state index is 0.208. The van der Waals surface area contributed by atoms with Gasteiger partial charge in [-0.15, -0.1) is 0 Å². The molecule has 6 nitrogen and oxygen atoms in total. The van der Waals surface area contributed by atoms with Crippen LogP contribution in [0.2, 0.25) is 0 Å². The van der Waals surface area contributed by atoms with Gasteiger partial charge in [0.15, 0.2) is 5.78 Å². The van der Waals surface area contributed by atoms with Crippen molar-refractivity contribution in [3.63, 3.8) is 0 Å². The third-order valence-electron chi connectivity index (χ3n) is 3.84. The maximum absolute atomic E-state index is 12.8. The van der Waals surface area contributed by atoms with Gasteiger partial charge in [-0.05, 0) is 36.4 Å². The van der Waals surface area contributed by atoms with E-state index < -0.39 is 6.04 Å². The lowest BCUT2D eigenvalue weighted by Gasteiger charge is -2.21. The van der Waals surface area contributed by atoms with Crippen LogP contribution in [0.25, 0.3) is 0 Å². The maximum Gasteiger partial charge on any atom is 0.186 e. The Morgan fingerprint density at radius 3 is 2.46 bits per heavy atom. The van der Waals surface area contributed by atoms with Crippen LogP contribution in [-0.2, 0) is 0 Å². The standard InChI is InChI=1S/C18H16N4O2/c1-24-14-9-7-12(8-10-14)17(23)16-15(11-19)18(20)22(21-16)13-5-3-2-4-6-13/h2-10,16,21H,20H2,1H3. The van der Waals surface area contributed by atoms with E-state index in [2.05, 4.69) is 5.43 Å². The van der Waals surface area contributed by atoms with Crippen LogP contribution in [0.3, 0.4) is 0 Å². The predicted molar refractivity (Wildman–Crippen MR) is 90.0 cm³/mol. The molecule has 120 valence electrons. The van der Waals surface area contributed by atoms with Crippen LogP contribution >= 0.6 is 0 Å². The zero-order valence-electron chi connectivity index (χ0n) is 13.1. The lowest BCUT2D eigenvalue weighted by molar-refractivity contribution is 0.0964. The second-order valence-corrected chi connectivity index (χ2v) is 5.24. The van der Waals surface area contributed by atoms with E-state index in [-0.39, 0.29) is 17.2 Å². The average Bonchev–Trinajstić information content (AvgIpc) is 2.98. The zero-order chi connectivity index (χ0) is 17.1. The van der Waals surface area contributed by atoms with Gasteiger partial charge in [-0.3, -0.25) is 9.80 Å². The number of hydrazine groups is 1. The maximum atomic E-state index is 12.8. The van der Waals surface area contributed by atoms with Crippen molar-refractivity contribution in [3.8, 4) is 11.8 Å². The van der Waals surface area contributed by atoms with Crippen molar-refractivity contribution < 1.29 is 9.53 Å². The third kappa shape index (κ3) is 2.69. The molecule has 2 aromatic carbocycles. The Hall–Kier alpha value is -3.30. The summed E-state index contributed by atoms with van der Waals surface area (Å²) in [7, 11) is 1.56. The van der Waals surface area contributed by atoms with E-state index in [1.807, 2.05) is 36.4 Å². The molecule has 0 spiro atoms. The van der Waals surface area contributed by atoms with Gasteiger partial charge < -0.3 is 10.5 Å². The molecule has 2 aromatic rings. The molecule has 1 unspecified atom stereocenters. The SMILES string of the molecule is COc1ccc(C(=O)C2NN(c3ccccc3)C(N)=C2C#N)cc1. The van der Waals surface area contributed by atoms with Crippen molar-refractivity contribution in [1.82, 2.24) is 5.43 Å². The van der Waals surface area contributed by atoms with Gasteiger partial charge in [0.25, 0.3) is 0 Å². The highest BCUT2D eigenvalue weighted by atomic mass is 16.5. The molecule has 0 aromatic heterocycles. The number of ketones is 1. The molecule has 1 atom stereocenters. The summed E-state index contributed by atoms with van der Waals surface area (Å²) in [5, 5.41) is 11.0. The lowest BCUT2D eigenvalue weighted by Crippen LogP contribution is -2.43. The van der Waals surface area contributed by atoms with E-state index in [0.717, 1.165) is 5.69 Å². The Morgan fingerprint density at radius 1 is 1.21 bits per heavy atom. The van der Waals surface area contributed by atoms with Gasteiger partial charge in [0, 0.05) is 5.56 Å². The molecule has 0 amide bonds. The van der Waals surface area contributed by atoms with Crippen LogP contribution in [0, 0.1) is 11.3 Å². The van der Waals surface area contributed by atoms with Crippen LogP contribution in [0.5, 0.6) is 5.75 Å². The fourth-order valence-corrected chi connectivity index (χ4v) is 2.56. The first kappa shape index (κ1) is 15.6. The molecule has 0 bridgehead atoms.